The fraction of sp³-hybridized carbons (Fsp3) is 1.00. The molecule has 2 aliphatic rings. The van der Waals surface area contributed by atoms with Gasteiger partial charge in [-0.05, 0) is 63.2 Å². The Labute approximate surface area is 118 Å². The lowest BCUT2D eigenvalue weighted by Gasteiger charge is -2.42. The summed E-state index contributed by atoms with van der Waals surface area (Å²) in [6, 6.07) is 0.762. The van der Waals surface area contributed by atoms with Crippen LogP contribution in [0.15, 0.2) is 0 Å². The Bertz CT molecular complexity index is 239. The van der Waals surface area contributed by atoms with Crippen LogP contribution in [0.2, 0.25) is 0 Å². The molecule has 2 heteroatoms. The van der Waals surface area contributed by atoms with E-state index in [-0.39, 0.29) is 0 Å². The minimum atomic E-state index is 0.514. The molecule has 2 unspecified atom stereocenters. The summed E-state index contributed by atoms with van der Waals surface area (Å²) in [6.45, 7) is 8.44. The van der Waals surface area contributed by atoms with Crippen LogP contribution in [-0.2, 0) is 0 Å². The van der Waals surface area contributed by atoms with Crippen molar-refractivity contribution >= 4 is 11.8 Å². The molecule has 0 aromatic carbocycles. The first-order chi connectivity index (χ1) is 8.65. The molecule has 1 N–H and O–H groups in total. The summed E-state index contributed by atoms with van der Waals surface area (Å²) in [5, 5.41) is 3.92. The summed E-state index contributed by atoms with van der Waals surface area (Å²) in [6.07, 6.45) is 9.93. The normalized spacial score (nSPS) is 38.8. The Hall–Kier alpha value is 0.310. The Morgan fingerprint density at radius 2 is 2.00 bits per heavy atom. The highest BCUT2D eigenvalue weighted by atomic mass is 32.2. The van der Waals surface area contributed by atoms with E-state index in [0.717, 1.165) is 17.9 Å². The fourth-order valence-corrected chi connectivity index (χ4v) is 5.35. The van der Waals surface area contributed by atoms with Crippen molar-refractivity contribution < 1.29 is 0 Å². The molecule has 18 heavy (non-hydrogen) atoms. The van der Waals surface area contributed by atoms with Gasteiger partial charge in [-0.3, -0.25) is 0 Å². The van der Waals surface area contributed by atoms with Crippen LogP contribution in [0.5, 0.6) is 0 Å². The van der Waals surface area contributed by atoms with Gasteiger partial charge in [0.1, 0.15) is 0 Å². The van der Waals surface area contributed by atoms with E-state index in [9.17, 15) is 0 Å². The molecule has 1 aliphatic heterocycles. The third kappa shape index (κ3) is 3.45. The smallest absolute Gasteiger partial charge is 0.0287 e. The van der Waals surface area contributed by atoms with E-state index >= 15 is 0 Å². The minimum absolute atomic E-state index is 0.514. The molecule has 1 aliphatic carbocycles. The predicted molar refractivity (Wildman–Crippen MR) is 83.3 cm³/mol. The summed E-state index contributed by atoms with van der Waals surface area (Å²) in [5.41, 5.74) is 0. The van der Waals surface area contributed by atoms with Gasteiger partial charge in [-0.2, -0.15) is 11.8 Å². The van der Waals surface area contributed by atoms with E-state index in [2.05, 4.69) is 37.8 Å². The van der Waals surface area contributed by atoms with Gasteiger partial charge in [0.2, 0.25) is 0 Å². The average Bonchev–Trinajstić information content (AvgIpc) is 2.80. The lowest BCUT2D eigenvalue weighted by atomic mass is 9.74. The second-order valence-corrected chi connectivity index (χ2v) is 8.35. The van der Waals surface area contributed by atoms with Crippen LogP contribution in [0.3, 0.4) is 0 Å². The van der Waals surface area contributed by atoms with Crippen LogP contribution in [-0.4, -0.2) is 23.1 Å². The Morgan fingerprint density at radius 1 is 1.28 bits per heavy atom. The Morgan fingerprint density at radius 3 is 2.56 bits per heavy atom. The summed E-state index contributed by atoms with van der Waals surface area (Å²) < 4.78 is 0.514. The molecule has 0 spiro atoms. The summed E-state index contributed by atoms with van der Waals surface area (Å²) in [5.74, 6) is 3.28. The first kappa shape index (κ1) is 14.7. The van der Waals surface area contributed by atoms with Gasteiger partial charge in [-0.25, -0.2) is 0 Å². The van der Waals surface area contributed by atoms with Gasteiger partial charge in [0, 0.05) is 10.8 Å². The monoisotopic (exact) mass is 269 g/mol. The van der Waals surface area contributed by atoms with Crippen molar-refractivity contribution in [2.75, 3.05) is 12.3 Å². The second kappa shape index (κ2) is 6.65. The van der Waals surface area contributed by atoms with Crippen molar-refractivity contribution in [3.8, 4) is 0 Å². The lowest BCUT2D eigenvalue weighted by molar-refractivity contribution is 0.201. The van der Waals surface area contributed by atoms with Crippen molar-refractivity contribution in [1.82, 2.24) is 5.32 Å². The van der Waals surface area contributed by atoms with Gasteiger partial charge in [0.25, 0.3) is 0 Å². The zero-order valence-corrected chi connectivity index (χ0v) is 13.3. The van der Waals surface area contributed by atoms with Gasteiger partial charge in [-0.1, -0.05) is 26.7 Å². The van der Waals surface area contributed by atoms with Crippen molar-refractivity contribution in [3.05, 3.63) is 0 Å². The number of hydrogen-bond donors (Lipinski definition) is 1. The number of rotatable bonds is 5. The summed E-state index contributed by atoms with van der Waals surface area (Å²) in [7, 11) is 0. The molecule has 0 radical (unpaired) electrons. The first-order valence-corrected chi connectivity index (χ1v) is 9.01. The van der Waals surface area contributed by atoms with Gasteiger partial charge in [-0.15, -0.1) is 0 Å². The predicted octanol–water partition coefficient (Wildman–Crippen LogP) is 4.47. The molecule has 2 atom stereocenters. The third-order valence-electron chi connectivity index (χ3n) is 5.05. The highest BCUT2D eigenvalue weighted by molar-refractivity contribution is 8.00. The molecule has 2 rings (SSSR count). The number of thioether (sulfide) groups is 1. The largest absolute Gasteiger partial charge is 0.312 e. The zero-order valence-electron chi connectivity index (χ0n) is 12.5. The SMILES string of the molecule is CCCNC(C1CCC(C)CC1)C1(C)CCCS1. The van der Waals surface area contributed by atoms with Crippen LogP contribution in [0.25, 0.3) is 0 Å². The van der Waals surface area contributed by atoms with Crippen LogP contribution >= 0.6 is 11.8 Å². The molecule has 1 saturated heterocycles. The minimum Gasteiger partial charge on any atom is -0.312 e. The summed E-state index contributed by atoms with van der Waals surface area (Å²) >= 11 is 2.24. The topological polar surface area (TPSA) is 12.0 Å². The molecular weight excluding hydrogens is 238 g/mol. The van der Waals surface area contributed by atoms with Crippen LogP contribution in [0, 0.1) is 11.8 Å². The molecule has 1 nitrogen and oxygen atoms in total. The zero-order chi connectivity index (χ0) is 13.0. The van der Waals surface area contributed by atoms with Gasteiger partial charge in [0.05, 0.1) is 0 Å². The highest BCUT2D eigenvalue weighted by Gasteiger charge is 2.42. The van der Waals surface area contributed by atoms with Crippen molar-refractivity contribution in [1.29, 1.82) is 0 Å². The van der Waals surface area contributed by atoms with Gasteiger partial charge >= 0.3 is 0 Å². The van der Waals surface area contributed by atoms with Gasteiger partial charge in [0.15, 0.2) is 0 Å². The van der Waals surface area contributed by atoms with Crippen molar-refractivity contribution in [2.24, 2.45) is 11.8 Å². The number of nitrogens with one attached hydrogen (secondary N) is 1. The molecule has 0 aromatic rings. The average molecular weight is 269 g/mol. The molecular formula is C16H31NS. The van der Waals surface area contributed by atoms with E-state index in [1.165, 1.54) is 57.2 Å². The van der Waals surface area contributed by atoms with Gasteiger partial charge < -0.3 is 5.32 Å². The van der Waals surface area contributed by atoms with E-state index in [4.69, 9.17) is 0 Å². The second-order valence-electron chi connectivity index (χ2n) is 6.72. The maximum atomic E-state index is 3.92. The van der Waals surface area contributed by atoms with E-state index in [0.29, 0.717) is 4.75 Å². The molecule has 1 heterocycles. The summed E-state index contributed by atoms with van der Waals surface area (Å²) in [4.78, 5) is 0. The Kier molecular flexibility index (Phi) is 5.44. The van der Waals surface area contributed by atoms with Crippen molar-refractivity contribution in [3.63, 3.8) is 0 Å². The molecule has 1 saturated carbocycles. The first-order valence-electron chi connectivity index (χ1n) is 8.03. The highest BCUT2D eigenvalue weighted by Crippen LogP contribution is 2.45. The van der Waals surface area contributed by atoms with Crippen LogP contribution in [0.1, 0.15) is 65.7 Å². The van der Waals surface area contributed by atoms with Crippen LogP contribution in [0.4, 0.5) is 0 Å². The van der Waals surface area contributed by atoms with E-state index in [1.807, 2.05) is 0 Å². The Balaban J connectivity index is 1.99. The fourth-order valence-electron chi connectivity index (χ4n) is 3.85. The number of hydrogen-bond acceptors (Lipinski definition) is 2. The molecule has 0 aromatic heterocycles. The maximum Gasteiger partial charge on any atom is 0.0287 e. The quantitative estimate of drug-likeness (QED) is 0.790. The lowest BCUT2D eigenvalue weighted by Crippen LogP contribution is -2.51. The van der Waals surface area contributed by atoms with Crippen molar-refractivity contribution in [2.45, 2.75) is 76.5 Å². The molecule has 0 amide bonds. The molecule has 106 valence electrons. The van der Waals surface area contributed by atoms with E-state index in [1.54, 1.807) is 0 Å². The van der Waals surface area contributed by atoms with Crippen LogP contribution < -0.4 is 5.32 Å². The molecule has 0 bridgehead atoms. The third-order valence-corrected chi connectivity index (χ3v) is 6.66. The van der Waals surface area contributed by atoms with E-state index < -0.39 is 0 Å². The molecule has 2 fully saturated rings. The standard InChI is InChI=1S/C16H31NS/c1-4-11-17-15(16(3)10-5-12-18-16)14-8-6-13(2)7-9-14/h13-15,17H,4-12H2,1-3H3. The maximum absolute atomic E-state index is 3.92.